The minimum atomic E-state index is -4.25. The molecule has 41 heavy (non-hydrogen) atoms. The number of nitrogens with two attached hydrogens (primary N) is 1. The van der Waals surface area contributed by atoms with E-state index in [1.807, 2.05) is 12.1 Å². The summed E-state index contributed by atoms with van der Waals surface area (Å²) < 4.78 is 30.8. The van der Waals surface area contributed by atoms with E-state index in [9.17, 15) is 22.8 Å². The number of rotatable bonds is 14. The number of pyridine rings is 1. The highest BCUT2D eigenvalue weighted by Gasteiger charge is 2.50. The van der Waals surface area contributed by atoms with Gasteiger partial charge in [0.1, 0.15) is 4.75 Å². The molecule has 1 amide bonds. The van der Waals surface area contributed by atoms with Gasteiger partial charge in [0.05, 0.1) is 24.1 Å². The lowest BCUT2D eigenvalue weighted by Crippen LogP contribution is -2.61. The van der Waals surface area contributed by atoms with E-state index >= 15 is 0 Å². The van der Waals surface area contributed by atoms with Crippen LogP contribution in [0.2, 0.25) is 0 Å². The standard InChI is InChI=1S/C29H36N4O6S2/c1-28(2,26(35)33(3)15-13-23-12-8-9-14-31-23)41(37,38)19-22(16-21-10-6-5-7-11-21)25(34)29(30,27(36)39-4)17-24-18-40-20-32-24/h5-12,14,18,20,22H,13,15-17,19,30H2,1-4H3/t22?,29-/m0/s1. The summed E-state index contributed by atoms with van der Waals surface area (Å²) >= 11 is 1.27. The first-order valence-corrected chi connectivity index (χ1v) is 15.6. The van der Waals surface area contributed by atoms with Crippen LogP contribution in [-0.4, -0.2) is 77.7 Å². The summed E-state index contributed by atoms with van der Waals surface area (Å²) in [5.41, 5.74) is 7.66. The summed E-state index contributed by atoms with van der Waals surface area (Å²) in [6.45, 7) is 2.91. The molecule has 2 heterocycles. The van der Waals surface area contributed by atoms with Crippen molar-refractivity contribution < 1.29 is 27.5 Å². The smallest absolute Gasteiger partial charge is 0.334 e. The van der Waals surface area contributed by atoms with Gasteiger partial charge in [0.2, 0.25) is 5.91 Å². The van der Waals surface area contributed by atoms with Crippen LogP contribution in [0, 0.1) is 5.92 Å². The van der Waals surface area contributed by atoms with Gasteiger partial charge >= 0.3 is 5.97 Å². The fourth-order valence-corrected chi connectivity index (χ4v) is 6.73. The average Bonchev–Trinajstić information content (AvgIpc) is 3.47. The Kier molecular flexibility index (Phi) is 10.5. The number of hydrogen-bond acceptors (Lipinski definition) is 10. The number of nitrogens with zero attached hydrogens (tertiary/aromatic N) is 3. The van der Waals surface area contributed by atoms with Gasteiger partial charge in [-0.25, -0.2) is 18.2 Å². The minimum Gasteiger partial charge on any atom is -0.467 e. The molecule has 2 N–H and O–H groups in total. The van der Waals surface area contributed by atoms with Gasteiger partial charge in [0, 0.05) is 49.6 Å². The van der Waals surface area contributed by atoms with Crippen molar-refractivity contribution in [2.75, 3.05) is 26.5 Å². The average molecular weight is 601 g/mol. The molecule has 1 aromatic carbocycles. The monoisotopic (exact) mass is 600 g/mol. The van der Waals surface area contributed by atoms with Crippen molar-refractivity contribution >= 4 is 38.8 Å². The number of benzene rings is 1. The summed E-state index contributed by atoms with van der Waals surface area (Å²) in [6, 6.07) is 14.3. The molecule has 3 rings (SSSR count). The summed E-state index contributed by atoms with van der Waals surface area (Å²) in [7, 11) is -1.61. The third-order valence-corrected chi connectivity index (χ3v) is 10.3. The lowest BCUT2D eigenvalue weighted by molar-refractivity contribution is -0.152. The molecule has 2 aromatic heterocycles. The van der Waals surface area contributed by atoms with Crippen molar-refractivity contribution in [3.8, 4) is 0 Å². The number of hydrogen-bond donors (Lipinski definition) is 1. The number of thiazole rings is 1. The van der Waals surface area contributed by atoms with Crippen LogP contribution in [0.1, 0.15) is 30.8 Å². The topological polar surface area (TPSA) is 150 Å². The molecule has 0 aliphatic carbocycles. The number of amides is 1. The number of likely N-dealkylation sites (N-methyl/N-ethyl adjacent to an activating group) is 1. The number of ketones is 1. The molecule has 220 valence electrons. The van der Waals surface area contributed by atoms with Gasteiger partial charge in [-0.05, 0) is 38.0 Å². The van der Waals surface area contributed by atoms with E-state index in [4.69, 9.17) is 10.5 Å². The number of sulfone groups is 1. The van der Waals surface area contributed by atoms with Gasteiger partial charge in [0.15, 0.2) is 21.2 Å². The molecular formula is C29H36N4O6S2. The van der Waals surface area contributed by atoms with Crippen molar-refractivity contribution in [3.63, 3.8) is 0 Å². The third-order valence-electron chi connectivity index (χ3n) is 7.12. The highest BCUT2D eigenvalue weighted by atomic mass is 32.2. The zero-order valence-corrected chi connectivity index (χ0v) is 25.3. The normalized spacial score (nSPS) is 14.1. The maximum Gasteiger partial charge on any atom is 0.334 e. The summed E-state index contributed by atoms with van der Waals surface area (Å²) in [6.07, 6.45) is 1.83. The summed E-state index contributed by atoms with van der Waals surface area (Å²) in [5.74, 6) is -4.34. The van der Waals surface area contributed by atoms with E-state index in [1.165, 1.54) is 37.1 Å². The Morgan fingerprint density at radius 1 is 1.05 bits per heavy atom. The second-order valence-electron chi connectivity index (χ2n) is 10.5. The van der Waals surface area contributed by atoms with Gasteiger partial charge in [-0.15, -0.1) is 11.3 Å². The van der Waals surface area contributed by atoms with Crippen molar-refractivity contribution in [2.45, 2.75) is 43.4 Å². The van der Waals surface area contributed by atoms with Crippen molar-refractivity contribution in [3.05, 3.63) is 82.6 Å². The number of Topliss-reactive ketones (excluding diaryl/α,β-unsaturated/α-hetero) is 1. The Balaban J connectivity index is 1.91. The fraction of sp³-hybridized carbons (Fsp3) is 0.414. The van der Waals surface area contributed by atoms with Crippen LogP contribution in [0.15, 0.2) is 65.6 Å². The predicted octanol–water partition coefficient (Wildman–Crippen LogP) is 2.27. The number of ether oxygens (including phenoxy) is 1. The Labute approximate surface area is 244 Å². The van der Waals surface area contributed by atoms with E-state index < -0.39 is 49.5 Å². The molecule has 0 radical (unpaired) electrons. The van der Waals surface area contributed by atoms with Crippen LogP contribution in [0.4, 0.5) is 0 Å². The van der Waals surface area contributed by atoms with Crippen molar-refractivity contribution in [1.82, 2.24) is 14.9 Å². The number of aromatic nitrogens is 2. The molecule has 10 nitrogen and oxygen atoms in total. The number of methoxy groups -OCH3 is 1. The van der Waals surface area contributed by atoms with Gasteiger partial charge in [-0.1, -0.05) is 36.4 Å². The molecule has 0 aliphatic rings. The molecular weight excluding hydrogens is 564 g/mol. The Morgan fingerprint density at radius 3 is 2.32 bits per heavy atom. The van der Waals surface area contributed by atoms with Gasteiger partial charge < -0.3 is 15.4 Å². The lowest BCUT2D eigenvalue weighted by Gasteiger charge is -2.33. The first-order valence-electron chi connectivity index (χ1n) is 13.0. The van der Waals surface area contributed by atoms with Crippen LogP contribution in [0.3, 0.4) is 0 Å². The quantitative estimate of drug-likeness (QED) is 0.217. The first kappa shape index (κ1) is 32.0. The van der Waals surface area contributed by atoms with Gasteiger partial charge in [-0.3, -0.25) is 14.6 Å². The number of carbonyl (C=O) groups is 3. The SMILES string of the molecule is COC(=O)[C@](N)(Cc1cscn1)C(=O)C(Cc1ccccc1)CS(=O)(=O)C(C)(C)C(=O)N(C)CCc1ccccn1. The van der Waals surface area contributed by atoms with Crippen LogP contribution in [0.25, 0.3) is 0 Å². The third kappa shape index (κ3) is 7.63. The minimum absolute atomic E-state index is 0.00823. The Bertz CT molecular complexity index is 1430. The van der Waals surface area contributed by atoms with E-state index in [1.54, 1.807) is 53.5 Å². The second kappa shape index (κ2) is 13.5. The Hall–Kier alpha value is -3.48. The van der Waals surface area contributed by atoms with Crippen LogP contribution in [0.5, 0.6) is 0 Å². The predicted molar refractivity (Wildman–Crippen MR) is 157 cm³/mol. The maximum absolute atomic E-state index is 14.0. The molecule has 3 aromatic rings. The van der Waals surface area contributed by atoms with Crippen molar-refractivity contribution in [1.29, 1.82) is 0 Å². The highest BCUT2D eigenvalue weighted by Crippen LogP contribution is 2.28. The van der Waals surface area contributed by atoms with E-state index in [0.717, 1.165) is 12.8 Å². The van der Waals surface area contributed by atoms with Gasteiger partial charge in [-0.2, -0.15) is 0 Å². The molecule has 0 saturated carbocycles. The van der Waals surface area contributed by atoms with E-state index in [0.29, 0.717) is 17.7 Å². The molecule has 0 aliphatic heterocycles. The lowest BCUT2D eigenvalue weighted by atomic mass is 9.81. The zero-order chi connectivity index (χ0) is 30.3. The molecule has 2 atom stereocenters. The molecule has 0 bridgehead atoms. The van der Waals surface area contributed by atoms with Crippen LogP contribution < -0.4 is 5.73 Å². The number of esters is 1. The summed E-state index contributed by atoms with van der Waals surface area (Å²) in [4.78, 5) is 50.1. The van der Waals surface area contributed by atoms with Crippen molar-refractivity contribution in [2.24, 2.45) is 11.7 Å². The summed E-state index contributed by atoms with van der Waals surface area (Å²) in [5, 5.41) is 1.66. The molecule has 1 unspecified atom stereocenters. The molecule has 0 saturated heterocycles. The maximum atomic E-state index is 14.0. The van der Waals surface area contributed by atoms with Crippen LogP contribution >= 0.6 is 11.3 Å². The Morgan fingerprint density at radius 2 is 1.73 bits per heavy atom. The van der Waals surface area contributed by atoms with Crippen LogP contribution in [-0.2, 0) is 48.2 Å². The van der Waals surface area contributed by atoms with E-state index in [2.05, 4.69) is 9.97 Å². The molecule has 0 spiro atoms. The van der Waals surface area contributed by atoms with E-state index in [-0.39, 0.29) is 19.4 Å². The molecule has 12 heteroatoms. The second-order valence-corrected chi connectivity index (χ2v) is 13.8. The first-order chi connectivity index (χ1) is 19.3. The fourth-order valence-electron chi connectivity index (χ4n) is 4.54. The molecule has 0 fully saturated rings. The largest absolute Gasteiger partial charge is 0.467 e. The zero-order valence-electron chi connectivity index (χ0n) is 23.6. The van der Waals surface area contributed by atoms with Gasteiger partial charge in [0.25, 0.3) is 0 Å². The highest BCUT2D eigenvalue weighted by molar-refractivity contribution is 7.93. The number of carbonyl (C=O) groups excluding carboxylic acids is 3.